The van der Waals surface area contributed by atoms with Gasteiger partial charge in [-0.1, -0.05) is 0 Å². The predicted octanol–water partition coefficient (Wildman–Crippen LogP) is 1.20. The van der Waals surface area contributed by atoms with Gasteiger partial charge in [-0.25, -0.2) is 14.5 Å². The molecule has 3 rings (SSSR count). The van der Waals surface area contributed by atoms with E-state index in [2.05, 4.69) is 20.1 Å². The molecule has 0 radical (unpaired) electrons. The Kier molecular flexibility index (Phi) is 2.71. The van der Waals surface area contributed by atoms with Crippen LogP contribution in [0, 0.1) is 0 Å². The fourth-order valence-electron chi connectivity index (χ4n) is 1.74. The van der Waals surface area contributed by atoms with Crippen LogP contribution in [0.1, 0.15) is 0 Å². The van der Waals surface area contributed by atoms with Crippen LogP contribution in [0.25, 0.3) is 16.9 Å². The van der Waals surface area contributed by atoms with Crippen LogP contribution in [-0.4, -0.2) is 38.8 Å². The van der Waals surface area contributed by atoms with Crippen LogP contribution in [0.5, 0.6) is 11.9 Å². The molecule has 0 saturated heterocycles. The van der Waals surface area contributed by atoms with Gasteiger partial charge in [0.1, 0.15) is 0 Å². The summed E-state index contributed by atoms with van der Waals surface area (Å²) in [4.78, 5) is 12.6. The average Bonchev–Trinajstić information content (AvgIpc) is 2.90. The molecule has 0 N–H and O–H groups in total. The zero-order valence-electron chi connectivity index (χ0n) is 10.4. The third kappa shape index (κ3) is 1.95. The normalized spacial score (nSPS) is 10.6. The van der Waals surface area contributed by atoms with Gasteiger partial charge in [0.25, 0.3) is 0 Å². The van der Waals surface area contributed by atoms with Crippen molar-refractivity contribution in [2.45, 2.75) is 0 Å². The zero-order chi connectivity index (χ0) is 13.2. The van der Waals surface area contributed by atoms with Crippen LogP contribution >= 0.6 is 0 Å². The Balaban J connectivity index is 2.15. The van der Waals surface area contributed by atoms with E-state index in [9.17, 15) is 0 Å². The van der Waals surface area contributed by atoms with E-state index in [1.165, 1.54) is 7.11 Å². The molecule has 3 aromatic rings. The maximum Gasteiger partial charge on any atom is 0.319 e. The summed E-state index contributed by atoms with van der Waals surface area (Å²) in [6.07, 6.45) is 5.11. The lowest BCUT2D eigenvalue weighted by Gasteiger charge is -2.05. The second kappa shape index (κ2) is 4.52. The van der Waals surface area contributed by atoms with Crippen LogP contribution in [0.3, 0.4) is 0 Å². The largest absolute Gasteiger partial charge is 0.480 e. The minimum absolute atomic E-state index is 0.252. The highest BCUT2D eigenvalue weighted by molar-refractivity contribution is 5.66. The number of ether oxygens (including phenoxy) is 2. The Morgan fingerprint density at radius 1 is 1.16 bits per heavy atom. The van der Waals surface area contributed by atoms with E-state index in [0.717, 1.165) is 5.65 Å². The lowest BCUT2D eigenvalue weighted by atomic mass is 10.2. The third-order valence-electron chi connectivity index (χ3n) is 2.62. The molecule has 0 saturated carbocycles. The van der Waals surface area contributed by atoms with Gasteiger partial charge >= 0.3 is 6.01 Å². The molecule has 0 bridgehead atoms. The number of nitrogens with zero attached hydrogens (tertiary/aromatic N) is 5. The first-order valence-corrected chi connectivity index (χ1v) is 5.57. The number of hydrogen-bond donors (Lipinski definition) is 0. The fraction of sp³-hybridized carbons (Fsp3) is 0.167. The summed E-state index contributed by atoms with van der Waals surface area (Å²) in [5.41, 5.74) is 2.13. The second-order valence-corrected chi connectivity index (χ2v) is 3.73. The molecule has 3 aromatic heterocycles. The van der Waals surface area contributed by atoms with Crippen molar-refractivity contribution < 1.29 is 9.47 Å². The summed E-state index contributed by atoms with van der Waals surface area (Å²) in [7, 11) is 3.04. The van der Waals surface area contributed by atoms with Gasteiger partial charge < -0.3 is 9.47 Å². The number of aromatic nitrogens is 5. The van der Waals surface area contributed by atoms with Crippen LogP contribution in [0.15, 0.2) is 30.7 Å². The molecule has 96 valence electrons. The van der Waals surface area contributed by atoms with Crippen molar-refractivity contribution in [1.82, 2.24) is 24.6 Å². The molecular formula is C12H11N5O2. The Morgan fingerprint density at radius 3 is 2.79 bits per heavy atom. The molecule has 0 spiro atoms. The lowest BCUT2D eigenvalue weighted by Crippen LogP contribution is -1.97. The average molecular weight is 257 g/mol. The van der Waals surface area contributed by atoms with E-state index in [0.29, 0.717) is 17.1 Å². The lowest BCUT2D eigenvalue weighted by molar-refractivity contribution is 0.353. The quantitative estimate of drug-likeness (QED) is 0.702. The highest BCUT2D eigenvalue weighted by Crippen LogP contribution is 2.27. The SMILES string of the molecule is COc1ncc(-c2cn3ncccc3n2)c(OC)n1. The van der Waals surface area contributed by atoms with Crippen molar-refractivity contribution in [2.75, 3.05) is 14.2 Å². The van der Waals surface area contributed by atoms with Gasteiger partial charge in [0, 0.05) is 12.4 Å². The Labute approximate surface area is 108 Å². The van der Waals surface area contributed by atoms with Crippen LogP contribution in [-0.2, 0) is 0 Å². The summed E-state index contributed by atoms with van der Waals surface area (Å²) < 4.78 is 11.9. The van der Waals surface area contributed by atoms with E-state index in [1.54, 1.807) is 30.2 Å². The number of rotatable bonds is 3. The van der Waals surface area contributed by atoms with E-state index in [1.807, 2.05) is 12.1 Å². The van der Waals surface area contributed by atoms with E-state index in [-0.39, 0.29) is 6.01 Å². The zero-order valence-corrected chi connectivity index (χ0v) is 10.4. The van der Waals surface area contributed by atoms with Gasteiger partial charge in [-0.2, -0.15) is 10.1 Å². The molecule has 0 unspecified atom stereocenters. The molecule has 0 aliphatic heterocycles. The molecule has 0 aliphatic carbocycles. The number of fused-ring (bicyclic) bond motifs is 1. The van der Waals surface area contributed by atoms with Crippen LogP contribution in [0.2, 0.25) is 0 Å². The summed E-state index contributed by atoms with van der Waals surface area (Å²) in [5.74, 6) is 0.412. The summed E-state index contributed by atoms with van der Waals surface area (Å²) in [5, 5.41) is 4.16. The maximum absolute atomic E-state index is 5.24. The molecule has 0 aliphatic rings. The van der Waals surface area contributed by atoms with Gasteiger partial charge in [0.15, 0.2) is 5.65 Å². The summed E-state index contributed by atoms with van der Waals surface area (Å²) >= 11 is 0. The molecule has 0 atom stereocenters. The Morgan fingerprint density at radius 2 is 2.05 bits per heavy atom. The minimum atomic E-state index is 0.252. The molecule has 7 heteroatoms. The summed E-state index contributed by atoms with van der Waals surface area (Å²) in [6, 6.07) is 3.95. The minimum Gasteiger partial charge on any atom is -0.480 e. The van der Waals surface area contributed by atoms with Gasteiger partial charge in [-0.15, -0.1) is 0 Å². The van der Waals surface area contributed by atoms with Crippen molar-refractivity contribution in [2.24, 2.45) is 0 Å². The smallest absolute Gasteiger partial charge is 0.319 e. The molecule has 0 aromatic carbocycles. The molecule has 19 heavy (non-hydrogen) atoms. The van der Waals surface area contributed by atoms with Crippen LogP contribution < -0.4 is 9.47 Å². The van der Waals surface area contributed by atoms with Crippen molar-refractivity contribution in [3.05, 3.63) is 30.7 Å². The number of hydrogen-bond acceptors (Lipinski definition) is 6. The first-order valence-electron chi connectivity index (χ1n) is 5.57. The molecule has 3 heterocycles. The fourth-order valence-corrected chi connectivity index (χ4v) is 1.74. The van der Waals surface area contributed by atoms with Crippen molar-refractivity contribution in [3.8, 4) is 23.1 Å². The number of imidazole rings is 1. The Bertz CT molecular complexity index is 692. The highest BCUT2D eigenvalue weighted by Gasteiger charge is 2.13. The molecule has 0 amide bonds. The first-order chi connectivity index (χ1) is 9.31. The van der Waals surface area contributed by atoms with Gasteiger partial charge in [0.2, 0.25) is 5.88 Å². The van der Waals surface area contributed by atoms with Gasteiger partial charge in [0.05, 0.1) is 31.7 Å². The maximum atomic E-state index is 5.24. The van der Waals surface area contributed by atoms with Gasteiger partial charge in [-0.3, -0.25) is 0 Å². The second-order valence-electron chi connectivity index (χ2n) is 3.73. The highest BCUT2D eigenvalue weighted by atomic mass is 16.5. The molecular weight excluding hydrogens is 246 g/mol. The topological polar surface area (TPSA) is 74.4 Å². The monoisotopic (exact) mass is 257 g/mol. The Hall–Kier alpha value is -2.70. The number of methoxy groups -OCH3 is 2. The van der Waals surface area contributed by atoms with Crippen LogP contribution in [0.4, 0.5) is 0 Å². The summed E-state index contributed by atoms with van der Waals surface area (Å²) in [6.45, 7) is 0. The molecule has 0 fully saturated rings. The first kappa shape index (κ1) is 11.4. The molecule has 7 nitrogen and oxygen atoms in total. The van der Waals surface area contributed by atoms with Crippen molar-refractivity contribution in [1.29, 1.82) is 0 Å². The van der Waals surface area contributed by atoms with Crippen molar-refractivity contribution in [3.63, 3.8) is 0 Å². The third-order valence-corrected chi connectivity index (χ3v) is 2.62. The van der Waals surface area contributed by atoms with E-state index >= 15 is 0 Å². The van der Waals surface area contributed by atoms with E-state index in [4.69, 9.17) is 9.47 Å². The van der Waals surface area contributed by atoms with E-state index < -0.39 is 0 Å². The van der Waals surface area contributed by atoms with Gasteiger partial charge in [-0.05, 0) is 12.1 Å². The van der Waals surface area contributed by atoms with Crippen molar-refractivity contribution >= 4 is 5.65 Å². The predicted molar refractivity (Wildman–Crippen MR) is 67.1 cm³/mol. The standard InChI is InChI=1S/C12H11N5O2/c1-18-11-8(6-13-12(16-11)19-2)9-7-17-10(15-9)4-3-5-14-17/h3-7H,1-2H3.